The van der Waals surface area contributed by atoms with Gasteiger partial charge in [-0.1, -0.05) is 13.2 Å². The summed E-state index contributed by atoms with van der Waals surface area (Å²) in [4.78, 5) is 18.9. The standard InChI is InChI=1S/2C3H5NO.C2H4O3/c2*1-2-3(4)5;3-1-2(4)5/h2*2H,1H2,(H2,4,5);1,3-5H. The molecular formula is C8H14N2O5. The molecule has 0 fully saturated rings. The molecule has 0 aliphatic heterocycles. The van der Waals surface area contributed by atoms with E-state index in [-0.39, 0.29) is 6.26 Å². The summed E-state index contributed by atoms with van der Waals surface area (Å²) in [6, 6.07) is 0. The van der Waals surface area contributed by atoms with E-state index in [1.165, 1.54) is 0 Å². The second-order valence-electron chi connectivity index (χ2n) is 1.70. The van der Waals surface area contributed by atoms with Gasteiger partial charge in [-0.3, -0.25) is 9.59 Å². The summed E-state index contributed by atoms with van der Waals surface area (Å²) in [6.07, 6.45) is 2.31. The zero-order valence-corrected chi connectivity index (χ0v) is 7.96. The van der Waals surface area contributed by atoms with Crippen LogP contribution in [0.1, 0.15) is 0 Å². The molecular weight excluding hydrogens is 204 g/mol. The molecule has 0 spiro atoms. The van der Waals surface area contributed by atoms with Gasteiger partial charge >= 0.3 is 5.95 Å². The summed E-state index contributed by atoms with van der Waals surface area (Å²) in [6.45, 7) is 6.17. The van der Waals surface area contributed by atoms with E-state index in [9.17, 15) is 9.59 Å². The van der Waals surface area contributed by atoms with Gasteiger partial charge in [-0.25, -0.2) is 0 Å². The Bertz CT molecular complexity index is 225. The first-order valence-corrected chi connectivity index (χ1v) is 3.37. The highest BCUT2D eigenvalue weighted by molar-refractivity contribution is 5.85. The molecule has 15 heavy (non-hydrogen) atoms. The van der Waals surface area contributed by atoms with Crippen LogP contribution in [0.25, 0.3) is 0 Å². The van der Waals surface area contributed by atoms with Crippen molar-refractivity contribution in [1.29, 1.82) is 0 Å². The van der Waals surface area contributed by atoms with E-state index in [4.69, 9.17) is 15.3 Å². The molecule has 0 aromatic rings. The maximum atomic E-state index is 9.47. The Hall–Kier alpha value is -2.44. The third kappa shape index (κ3) is 83.4. The van der Waals surface area contributed by atoms with Gasteiger partial charge in [-0.15, -0.1) is 0 Å². The van der Waals surface area contributed by atoms with E-state index in [1.54, 1.807) is 0 Å². The number of carbonyl (C=O) groups excluding carboxylic acids is 2. The lowest BCUT2D eigenvalue weighted by molar-refractivity contribution is -0.114. The van der Waals surface area contributed by atoms with Crippen molar-refractivity contribution in [3.63, 3.8) is 0 Å². The molecule has 0 rings (SSSR count). The molecule has 7 heteroatoms. The topological polar surface area (TPSA) is 147 Å². The van der Waals surface area contributed by atoms with Crippen LogP contribution in [0.3, 0.4) is 0 Å². The molecule has 0 aromatic carbocycles. The predicted molar refractivity (Wildman–Crippen MR) is 54.8 cm³/mol. The normalized spacial score (nSPS) is 6.40. The zero-order valence-electron chi connectivity index (χ0n) is 7.96. The summed E-state index contributed by atoms with van der Waals surface area (Å²) >= 11 is 0. The van der Waals surface area contributed by atoms with Gasteiger partial charge in [0.2, 0.25) is 11.8 Å². The summed E-state index contributed by atoms with van der Waals surface area (Å²) in [5.74, 6) is -2.03. The van der Waals surface area contributed by atoms with Crippen LogP contribution in [0.2, 0.25) is 0 Å². The third-order valence-electron chi connectivity index (χ3n) is 0.518. The summed E-state index contributed by atoms with van der Waals surface area (Å²) in [5.41, 5.74) is 9.07. The maximum Gasteiger partial charge on any atom is 0.310 e. The minimum Gasteiger partial charge on any atom is -0.508 e. The van der Waals surface area contributed by atoms with Crippen LogP contribution in [-0.4, -0.2) is 27.1 Å². The van der Waals surface area contributed by atoms with Crippen molar-refractivity contribution < 1.29 is 24.9 Å². The molecule has 0 bridgehead atoms. The lowest BCUT2D eigenvalue weighted by atomic mass is 10.6. The smallest absolute Gasteiger partial charge is 0.310 e. The van der Waals surface area contributed by atoms with Gasteiger partial charge in [0.25, 0.3) is 0 Å². The average molecular weight is 218 g/mol. The highest BCUT2D eigenvalue weighted by Crippen LogP contribution is 1.67. The number of hydrogen-bond acceptors (Lipinski definition) is 5. The van der Waals surface area contributed by atoms with Crippen molar-refractivity contribution in [2.75, 3.05) is 0 Å². The number of rotatable bonds is 2. The van der Waals surface area contributed by atoms with Crippen LogP contribution in [0.5, 0.6) is 0 Å². The highest BCUT2D eigenvalue weighted by Gasteiger charge is 1.70. The van der Waals surface area contributed by atoms with Gasteiger partial charge in [0, 0.05) is 0 Å². The van der Waals surface area contributed by atoms with Crippen LogP contribution in [0.4, 0.5) is 0 Å². The molecule has 0 aliphatic rings. The summed E-state index contributed by atoms with van der Waals surface area (Å²) in [7, 11) is 0. The number of hydrogen-bond donors (Lipinski definition) is 5. The van der Waals surface area contributed by atoms with Crippen molar-refractivity contribution >= 4 is 11.8 Å². The Morgan fingerprint density at radius 1 is 1.00 bits per heavy atom. The number of amides is 2. The van der Waals surface area contributed by atoms with Gasteiger partial charge < -0.3 is 26.8 Å². The molecule has 0 saturated carbocycles. The predicted octanol–water partition coefficient (Wildman–Crippen LogP) is -0.225. The van der Waals surface area contributed by atoms with E-state index in [2.05, 4.69) is 24.6 Å². The molecule has 0 aliphatic carbocycles. The lowest BCUT2D eigenvalue weighted by Crippen LogP contribution is -2.04. The van der Waals surface area contributed by atoms with Crippen LogP contribution < -0.4 is 11.5 Å². The number of aliphatic hydroxyl groups is 3. The van der Waals surface area contributed by atoms with Crippen molar-refractivity contribution in [1.82, 2.24) is 0 Å². The second kappa shape index (κ2) is 14.1. The van der Waals surface area contributed by atoms with Gasteiger partial charge in [0.1, 0.15) is 0 Å². The lowest BCUT2D eigenvalue weighted by Gasteiger charge is -1.74. The molecule has 7 N–H and O–H groups in total. The minimum absolute atomic E-state index is 0.194. The van der Waals surface area contributed by atoms with E-state index < -0.39 is 17.8 Å². The SMILES string of the molecule is C=CC(N)=O.C=CC(N)=O.OC=C(O)O. The minimum atomic E-state index is -1.06. The zero-order chi connectivity index (χ0) is 12.9. The van der Waals surface area contributed by atoms with Crippen LogP contribution in [0, 0.1) is 0 Å². The monoisotopic (exact) mass is 218 g/mol. The van der Waals surface area contributed by atoms with Gasteiger partial charge in [0.05, 0.1) is 0 Å². The number of nitrogens with two attached hydrogens (primary N) is 2. The molecule has 0 heterocycles. The first-order valence-electron chi connectivity index (χ1n) is 3.37. The van der Waals surface area contributed by atoms with Crippen LogP contribution >= 0.6 is 0 Å². The second-order valence-corrected chi connectivity index (χ2v) is 1.70. The van der Waals surface area contributed by atoms with E-state index in [1.807, 2.05) is 0 Å². The Morgan fingerprint density at radius 2 is 1.13 bits per heavy atom. The fraction of sp³-hybridized carbons (Fsp3) is 0. The quantitative estimate of drug-likeness (QED) is 0.321. The summed E-state index contributed by atoms with van der Waals surface area (Å²) < 4.78 is 0. The molecule has 0 radical (unpaired) electrons. The largest absolute Gasteiger partial charge is 0.508 e. The third-order valence-corrected chi connectivity index (χ3v) is 0.518. The fourth-order valence-corrected chi connectivity index (χ4v) is 0. The number of primary amides is 2. The van der Waals surface area contributed by atoms with E-state index in [0.717, 1.165) is 12.2 Å². The number of aliphatic hydroxyl groups excluding tert-OH is 2. The Labute approximate surface area is 86.6 Å². The van der Waals surface area contributed by atoms with Crippen LogP contribution in [-0.2, 0) is 9.59 Å². The maximum absolute atomic E-state index is 9.47. The van der Waals surface area contributed by atoms with Crippen molar-refractivity contribution in [2.45, 2.75) is 0 Å². The van der Waals surface area contributed by atoms with Crippen molar-refractivity contribution in [2.24, 2.45) is 11.5 Å². The Morgan fingerprint density at radius 3 is 1.13 bits per heavy atom. The molecule has 0 saturated heterocycles. The van der Waals surface area contributed by atoms with Crippen molar-refractivity contribution in [3.05, 3.63) is 37.5 Å². The summed E-state index contributed by atoms with van der Waals surface area (Å²) in [5, 5.41) is 22.5. The number of carbonyl (C=O) groups is 2. The molecule has 0 aromatic heterocycles. The first-order chi connectivity index (χ1) is 6.81. The average Bonchev–Trinajstić information content (AvgIpc) is 2.19. The van der Waals surface area contributed by atoms with Crippen LogP contribution in [0.15, 0.2) is 37.5 Å². The fourth-order valence-electron chi connectivity index (χ4n) is 0. The van der Waals surface area contributed by atoms with E-state index >= 15 is 0 Å². The van der Waals surface area contributed by atoms with Gasteiger partial charge in [0.15, 0.2) is 6.26 Å². The molecule has 2 amide bonds. The first kappa shape index (κ1) is 18.4. The molecule has 0 atom stereocenters. The van der Waals surface area contributed by atoms with Gasteiger partial charge in [-0.05, 0) is 12.2 Å². The van der Waals surface area contributed by atoms with E-state index in [0.29, 0.717) is 0 Å². The molecule has 0 unspecified atom stereocenters. The van der Waals surface area contributed by atoms with Gasteiger partial charge in [-0.2, -0.15) is 0 Å². The Balaban J connectivity index is -0.000000144. The molecule has 86 valence electrons. The molecule has 7 nitrogen and oxygen atoms in total. The highest BCUT2D eigenvalue weighted by atomic mass is 16.5. The van der Waals surface area contributed by atoms with Crippen molar-refractivity contribution in [3.8, 4) is 0 Å². The Kier molecular flexibility index (Phi) is 17.3.